The summed E-state index contributed by atoms with van der Waals surface area (Å²) in [5.41, 5.74) is 0.509. The number of hydrogen-bond donors (Lipinski definition) is 2. The number of aliphatic hydroxyl groups excluding tert-OH is 1. The van der Waals surface area contributed by atoms with Crippen molar-refractivity contribution in [3.63, 3.8) is 0 Å². The number of benzene rings is 1. The number of nitrogens with zero attached hydrogens (tertiary/aromatic N) is 2. The van der Waals surface area contributed by atoms with E-state index in [0.29, 0.717) is 16.2 Å². The van der Waals surface area contributed by atoms with Crippen molar-refractivity contribution in [2.75, 3.05) is 0 Å². The van der Waals surface area contributed by atoms with E-state index >= 15 is 0 Å². The molecule has 2 N–H and O–H groups in total. The van der Waals surface area contributed by atoms with E-state index in [2.05, 4.69) is 10.2 Å². The van der Waals surface area contributed by atoms with Crippen LogP contribution in [0, 0.1) is 10.6 Å². The number of rotatable bonds is 3. The standard InChI is InChI=1S/C10H10FN3OS/c11-8-4-2-1-3-7(8)5-14-9(6-15)12-13-10(14)16/h1-4,15H,5-6H2,(H,13,16). The normalized spacial score (nSPS) is 10.6. The predicted octanol–water partition coefficient (Wildman–Crippen LogP) is 1.62. The Kier molecular flexibility index (Phi) is 3.12. The first-order valence-corrected chi connectivity index (χ1v) is 5.11. The van der Waals surface area contributed by atoms with Gasteiger partial charge in [-0.3, -0.25) is 9.67 Å². The maximum absolute atomic E-state index is 13.4. The largest absolute Gasteiger partial charge is 0.388 e. The molecular weight excluding hydrogens is 229 g/mol. The van der Waals surface area contributed by atoms with Crippen molar-refractivity contribution in [3.8, 4) is 0 Å². The molecule has 4 nitrogen and oxygen atoms in total. The molecule has 0 unspecified atom stereocenters. The molecule has 84 valence electrons. The molecule has 16 heavy (non-hydrogen) atoms. The highest BCUT2D eigenvalue weighted by Crippen LogP contribution is 2.10. The lowest BCUT2D eigenvalue weighted by molar-refractivity contribution is 0.265. The third-order valence-corrected chi connectivity index (χ3v) is 2.58. The molecule has 2 rings (SSSR count). The van der Waals surface area contributed by atoms with E-state index in [4.69, 9.17) is 17.3 Å². The molecule has 0 amide bonds. The molecule has 0 aliphatic rings. The van der Waals surface area contributed by atoms with Gasteiger partial charge in [-0.05, 0) is 18.3 Å². The zero-order valence-electron chi connectivity index (χ0n) is 8.35. The van der Waals surface area contributed by atoms with Gasteiger partial charge in [0.25, 0.3) is 0 Å². The van der Waals surface area contributed by atoms with Crippen LogP contribution in [0.1, 0.15) is 11.4 Å². The van der Waals surface area contributed by atoms with Gasteiger partial charge in [-0.25, -0.2) is 4.39 Å². The van der Waals surface area contributed by atoms with Crippen LogP contribution in [0.15, 0.2) is 24.3 Å². The highest BCUT2D eigenvalue weighted by molar-refractivity contribution is 7.71. The van der Waals surface area contributed by atoms with Crippen molar-refractivity contribution < 1.29 is 9.50 Å². The number of aliphatic hydroxyl groups is 1. The molecule has 6 heteroatoms. The molecule has 0 radical (unpaired) electrons. The van der Waals surface area contributed by atoms with E-state index in [9.17, 15) is 4.39 Å². The van der Waals surface area contributed by atoms with Crippen LogP contribution in [0.2, 0.25) is 0 Å². The van der Waals surface area contributed by atoms with Crippen LogP contribution in [0.5, 0.6) is 0 Å². The Hall–Kier alpha value is -1.53. The van der Waals surface area contributed by atoms with Gasteiger partial charge in [0.15, 0.2) is 10.6 Å². The van der Waals surface area contributed by atoms with Crippen molar-refractivity contribution in [1.82, 2.24) is 14.8 Å². The van der Waals surface area contributed by atoms with E-state index in [1.165, 1.54) is 6.07 Å². The van der Waals surface area contributed by atoms with Gasteiger partial charge in [0, 0.05) is 5.56 Å². The number of H-pyrrole nitrogens is 1. The van der Waals surface area contributed by atoms with Crippen LogP contribution in [0.4, 0.5) is 4.39 Å². The number of aromatic nitrogens is 3. The summed E-state index contributed by atoms with van der Waals surface area (Å²) in [7, 11) is 0. The van der Waals surface area contributed by atoms with Crippen LogP contribution >= 0.6 is 12.2 Å². The second-order valence-corrected chi connectivity index (χ2v) is 3.67. The zero-order chi connectivity index (χ0) is 11.5. The minimum absolute atomic E-state index is 0.235. The minimum Gasteiger partial charge on any atom is -0.388 e. The Morgan fingerprint density at radius 2 is 2.19 bits per heavy atom. The molecule has 1 aromatic heterocycles. The first-order chi connectivity index (χ1) is 7.72. The van der Waals surface area contributed by atoms with Crippen LogP contribution in [0.25, 0.3) is 0 Å². The van der Waals surface area contributed by atoms with Gasteiger partial charge < -0.3 is 5.11 Å². The van der Waals surface area contributed by atoms with Gasteiger partial charge in [-0.1, -0.05) is 18.2 Å². The summed E-state index contributed by atoms with van der Waals surface area (Å²) in [6, 6.07) is 6.43. The van der Waals surface area contributed by atoms with Gasteiger partial charge in [0.1, 0.15) is 12.4 Å². The summed E-state index contributed by atoms with van der Waals surface area (Å²) in [5, 5.41) is 15.4. The van der Waals surface area contributed by atoms with Crippen LogP contribution in [-0.4, -0.2) is 19.9 Å². The van der Waals surface area contributed by atoms with E-state index < -0.39 is 0 Å². The highest BCUT2D eigenvalue weighted by atomic mass is 32.1. The number of hydrogen-bond acceptors (Lipinski definition) is 3. The predicted molar refractivity (Wildman–Crippen MR) is 58.8 cm³/mol. The van der Waals surface area contributed by atoms with Gasteiger partial charge in [0.2, 0.25) is 0 Å². The molecule has 0 atom stereocenters. The number of aromatic amines is 1. The molecule has 0 aliphatic heterocycles. The maximum atomic E-state index is 13.4. The van der Waals surface area contributed by atoms with E-state index in [1.807, 2.05) is 0 Å². The first kappa shape index (κ1) is 11.0. The molecule has 0 spiro atoms. The van der Waals surface area contributed by atoms with E-state index in [1.54, 1.807) is 22.8 Å². The second kappa shape index (κ2) is 4.54. The average molecular weight is 239 g/mol. The topological polar surface area (TPSA) is 53.8 Å². The Morgan fingerprint density at radius 3 is 2.88 bits per heavy atom. The highest BCUT2D eigenvalue weighted by Gasteiger charge is 2.07. The molecule has 0 bridgehead atoms. The fraction of sp³-hybridized carbons (Fsp3) is 0.200. The summed E-state index contributed by atoms with van der Waals surface area (Å²) in [5.74, 6) is 0.0998. The third kappa shape index (κ3) is 2.02. The van der Waals surface area contributed by atoms with Crippen LogP contribution in [-0.2, 0) is 13.2 Å². The van der Waals surface area contributed by atoms with E-state index in [0.717, 1.165) is 0 Å². The van der Waals surface area contributed by atoms with Gasteiger partial charge in [-0.2, -0.15) is 5.10 Å². The van der Waals surface area contributed by atoms with Crippen LogP contribution < -0.4 is 0 Å². The maximum Gasteiger partial charge on any atom is 0.195 e. The van der Waals surface area contributed by atoms with Crippen molar-refractivity contribution >= 4 is 12.2 Å². The van der Waals surface area contributed by atoms with E-state index in [-0.39, 0.29) is 19.0 Å². The Morgan fingerprint density at radius 1 is 1.44 bits per heavy atom. The minimum atomic E-state index is -0.297. The number of nitrogens with one attached hydrogen (secondary N) is 1. The third-order valence-electron chi connectivity index (χ3n) is 2.27. The van der Waals surface area contributed by atoms with Crippen molar-refractivity contribution in [3.05, 3.63) is 46.2 Å². The molecule has 1 heterocycles. The molecule has 0 saturated carbocycles. The lowest BCUT2D eigenvalue weighted by Crippen LogP contribution is -2.06. The fourth-order valence-electron chi connectivity index (χ4n) is 1.43. The summed E-state index contributed by atoms with van der Waals surface area (Å²) in [6.07, 6.45) is 0. The lowest BCUT2D eigenvalue weighted by atomic mass is 10.2. The SMILES string of the molecule is OCc1n[nH]c(=S)n1Cc1ccccc1F. The quantitative estimate of drug-likeness (QED) is 0.800. The number of halogens is 1. The van der Waals surface area contributed by atoms with Gasteiger partial charge in [-0.15, -0.1) is 0 Å². The molecule has 1 aromatic carbocycles. The first-order valence-electron chi connectivity index (χ1n) is 4.70. The van der Waals surface area contributed by atoms with Gasteiger partial charge >= 0.3 is 0 Å². The Bertz CT molecular complexity index is 549. The summed E-state index contributed by atoms with van der Waals surface area (Å²) in [6.45, 7) is 0.0273. The molecular formula is C10H10FN3OS. The molecule has 0 saturated heterocycles. The lowest BCUT2D eigenvalue weighted by Gasteiger charge is -2.05. The van der Waals surface area contributed by atoms with Gasteiger partial charge in [0.05, 0.1) is 6.54 Å². The Labute approximate surface area is 96.4 Å². The summed E-state index contributed by atoms with van der Waals surface area (Å²) < 4.78 is 15.3. The van der Waals surface area contributed by atoms with Crippen molar-refractivity contribution in [2.45, 2.75) is 13.2 Å². The molecule has 2 aromatic rings. The fourth-order valence-corrected chi connectivity index (χ4v) is 1.65. The molecule has 0 fully saturated rings. The van der Waals surface area contributed by atoms with Crippen LogP contribution in [0.3, 0.4) is 0 Å². The smallest absolute Gasteiger partial charge is 0.195 e. The summed E-state index contributed by atoms with van der Waals surface area (Å²) >= 11 is 4.99. The zero-order valence-corrected chi connectivity index (χ0v) is 9.17. The van der Waals surface area contributed by atoms with Crippen molar-refractivity contribution in [1.29, 1.82) is 0 Å². The second-order valence-electron chi connectivity index (χ2n) is 3.28. The monoisotopic (exact) mass is 239 g/mol. The van der Waals surface area contributed by atoms with Crippen molar-refractivity contribution in [2.24, 2.45) is 0 Å². The Balaban J connectivity index is 2.37. The summed E-state index contributed by atoms with van der Waals surface area (Å²) in [4.78, 5) is 0. The molecule has 0 aliphatic carbocycles. The average Bonchev–Trinajstić information content (AvgIpc) is 2.63.